The van der Waals surface area contributed by atoms with Crippen molar-refractivity contribution >= 4 is 11.9 Å². The number of carboxylic acid groups (broad SMARTS) is 1. The number of rotatable bonds is 9. The number of benzene rings is 4. The Kier molecular flexibility index (Phi) is 7.36. The topological polar surface area (TPSA) is 66.4 Å². The lowest BCUT2D eigenvalue weighted by Gasteiger charge is -2.36. The Morgan fingerprint density at radius 2 is 1.14 bits per heavy atom. The van der Waals surface area contributed by atoms with E-state index in [-0.39, 0.29) is 12.8 Å². The van der Waals surface area contributed by atoms with E-state index in [0.29, 0.717) is 5.56 Å². The van der Waals surface area contributed by atoms with Crippen LogP contribution in [0.1, 0.15) is 28.7 Å². The van der Waals surface area contributed by atoms with Gasteiger partial charge in [-0.2, -0.15) is 0 Å². The van der Waals surface area contributed by atoms with Crippen molar-refractivity contribution in [2.75, 3.05) is 0 Å². The molecule has 4 nitrogen and oxygen atoms in total. The highest BCUT2D eigenvalue weighted by molar-refractivity contribution is 5.85. The van der Waals surface area contributed by atoms with Crippen LogP contribution in [0, 0.1) is 5.82 Å². The monoisotopic (exact) mass is 467 g/mol. The summed E-state index contributed by atoms with van der Waals surface area (Å²) in [5, 5.41) is 12.5. The van der Waals surface area contributed by atoms with Gasteiger partial charge in [-0.3, -0.25) is 4.79 Å². The summed E-state index contributed by atoms with van der Waals surface area (Å²) in [6.07, 6.45) is 0.0641. The van der Waals surface area contributed by atoms with E-state index in [2.05, 4.69) is 5.32 Å². The number of hydrogen-bond donors (Lipinski definition) is 2. The minimum absolute atomic E-state index is 0.0121. The maximum absolute atomic E-state index is 13.5. The maximum atomic E-state index is 13.5. The Morgan fingerprint density at radius 3 is 1.54 bits per heavy atom. The van der Waals surface area contributed by atoms with E-state index in [1.807, 2.05) is 91.0 Å². The van der Waals surface area contributed by atoms with E-state index in [0.717, 1.165) is 16.7 Å². The van der Waals surface area contributed by atoms with Crippen molar-refractivity contribution in [1.82, 2.24) is 5.32 Å². The van der Waals surface area contributed by atoms with Crippen LogP contribution in [0.5, 0.6) is 0 Å². The number of carbonyl (C=O) groups excluding carboxylic acids is 1. The van der Waals surface area contributed by atoms with Crippen LogP contribution >= 0.6 is 0 Å². The zero-order chi connectivity index (χ0) is 24.7. The van der Waals surface area contributed by atoms with Gasteiger partial charge in [-0.1, -0.05) is 103 Å². The van der Waals surface area contributed by atoms with Gasteiger partial charge in [0.2, 0.25) is 5.91 Å². The lowest BCUT2D eigenvalue weighted by molar-refractivity contribution is -0.141. The average Bonchev–Trinajstić information content (AvgIpc) is 2.89. The van der Waals surface area contributed by atoms with Crippen LogP contribution in [0.25, 0.3) is 0 Å². The Labute approximate surface area is 204 Å². The van der Waals surface area contributed by atoms with Gasteiger partial charge in [-0.25, -0.2) is 9.18 Å². The lowest BCUT2D eigenvalue weighted by Crippen LogP contribution is -2.45. The van der Waals surface area contributed by atoms with Crippen LogP contribution in [0.2, 0.25) is 0 Å². The third-order valence-electron chi connectivity index (χ3n) is 6.21. The quantitative estimate of drug-likeness (QED) is 0.326. The molecule has 0 aliphatic carbocycles. The standard InChI is InChI=1S/C30H26FNO3/c31-26-18-16-22(17-19-26)20-27(29(34)35)32-28(33)21-30(23-10-4-1-5-11-23,24-12-6-2-7-13-24)25-14-8-3-9-15-25/h1-19,27H,20-21H2,(H,32,33)(H,34,35)/t27-/m1/s1. The van der Waals surface area contributed by atoms with Crippen molar-refractivity contribution in [2.45, 2.75) is 24.3 Å². The highest BCUT2D eigenvalue weighted by atomic mass is 19.1. The van der Waals surface area contributed by atoms with Gasteiger partial charge in [-0.05, 0) is 34.4 Å². The molecule has 2 N–H and O–H groups in total. The normalized spacial score (nSPS) is 12.0. The molecule has 0 aliphatic heterocycles. The second-order valence-corrected chi connectivity index (χ2v) is 8.47. The SMILES string of the molecule is O=C(CC(c1ccccc1)(c1ccccc1)c1ccccc1)N[C@H](Cc1ccc(F)cc1)C(=O)O. The fraction of sp³-hybridized carbons (Fsp3) is 0.133. The van der Waals surface area contributed by atoms with Gasteiger partial charge in [0, 0.05) is 12.8 Å². The fourth-order valence-corrected chi connectivity index (χ4v) is 4.52. The fourth-order valence-electron chi connectivity index (χ4n) is 4.52. The number of carbonyl (C=O) groups is 2. The molecular weight excluding hydrogens is 441 g/mol. The Bertz CT molecular complexity index is 1160. The second kappa shape index (κ2) is 10.8. The molecule has 0 aliphatic rings. The van der Waals surface area contributed by atoms with Crippen LogP contribution in [0.3, 0.4) is 0 Å². The zero-order valence-electron chi connectivity index (χ0n) is 19.1. The van der Waals surface area contributed by atoms with E-state index < -0.39 is 29.2 Å². The molecule has 0 heterocycles. The maximum Gasteiger partial charge on any atom is 0.326 e. The first-order valence-corrected chi connectivity index (χ1v) is 11.4. The largest absolute Gasteiger partial charge is 0.480 e. The molecule has 0 spiro atoms. The molecule has 0 fully saturated rings. The molecule has 4 rings (SSSR count). The summed E-state index contributed by atoms with van der Waals surface area (Å²) >= 11 is 0. The van der Waals surface area contributed by atoms with E-state index in [1.54, 1.807) is 0 Å². The van der Waals surface area contributed by atoms with Crippen LogP contribution < -0.4 is 5.32 Å². The Morgan fingerprint density at radius 1 is 0.714 bits per heavy atom. The minimum Gasteiger partial charge on any atom is -0.480 e. The van der Waals surface area contributed by atoms with Gasteiger partial charge >= 0.3 is 5.97 Å². The molecular formula is C30H26FNO3. The molecule has 0 saturated heterocycles. The molecule has 1 atom stereocenters. The smallest absolute Gasteiger partial charge is 0.326 e. The summed E-state index contributed by atoms with van der Waals surface area (Å²) in [6.45, 7) is 0. The molecule has 0 unspecified atom stereocenters. The van der Waals surface area contributed by atoms with Crippen molar-refractivity contribution in [3.05, 3.63) is 143 Å². The van der Waals surface area contributed by atoms with Gasteiger partial charge < -0.3 is 10.4 Å². The first-order chi connectivity index (χ1) is 17.0. The number of halogens is 1. The van der Waals surface area contributed by atoms with Crippen molar-refractivity contribution < 1.29 is 19.1 Å². The van der Waals surface area contributed by atoms with Gasteiger partial charge in [0.25, 0.3) is 0 Å². The van der Waals surface area contributed by atoms with Crippen LogP contribution in [-0.4, -0.2) is 23.0 Å². The van der Waals surface area contributed by atoms with Gasteiger partial charge in [-0.15, -0.1) is 0 Å². The highest BCUT2D eigenvalue weighted by Gasteiger charge is 2.39. The molecule has 0 bridgehead atoms. The Hall–Kier alpha value is -4.25. The summed E-state index contributed by atoms with van der Waals surface area (Å²) in [7, 11) is 0. The van der Waals surface area contributed by atoms with Crippen LogP contribution in [0.4, 0.5) is 4.39 Å². The van der Waals surface area contributed by atoms with Gasteiger partial charge in [0.05, 0.1) is 5.41 Å². The molecule has 5 heteroatoms. The molecule has 4 aromatic carbocycles. The van der Waals surface area contributed by atoms with E-state index in [1.165, 1.54) is 24.3 Å². The first-order valence-electron chi connectivity index (χ1n) is 11.4. The summed E-state index contributed by atoms with van der Waals surface area (Å²) in [5.74, 6) is -1.94. The molecule has 35 heavy (non-hydrogen) atoms. The highest BCUT2D eigenvalue weighted by Crippen LogP contribution is 2.42. The van der Waals surface area contributed by atoms with Crippen molar-refractivity contribution in [2.24, 2.45) is 0 Å². The van der Waals surface area contributed by atoms with Crippen LogP contribution in [0.15, 0.2) is 115 Å². The number of hydrogen-bond acceptors (Lipinski definition) is 2. The summed E-state index contributed by atoms with van der Waals surface area (Å²) in [5.41, 5.74) is 2.58. The predicted molar refractivity (Wildman–Crippen MR) is 133 cm³/mol. The molecule has 1 amide bonds. The number of carboxylic acids is 1. The number of nitrogens with one attached hydrogen (secondary N) is 1. The zero-order valence-corrected chi connectivity index (χ0v) is 19.1. The molecule has 0 radical (unpaired) electrons. The average molecular weight is 468 g/mol. The van der Waals surface area contributed by atoms with Crippen molar-refractivity contribution in [3.8, 4) is 0 Å². The molecule has 0 aromatic heterocycles. The number of amides is 1. The van der Waals surface area contributed by atoms with E-state index in [9.17, 15) is 19.1 Å². The summed E-state index contributed by atoms with van der Waals surface area (Å²) < 4.78 is 13.3. The first kappa shape index (κ1) is 23.9. The summed E-state index contributed by atoms with van der Waals surface area (Å²) in [6, 6.07) is 33.8. The van der Waals surface area contributed by atoms with E-state index >= 15 is 0 Å². The van der Waals surface area contributed by atoms with Crippen molar-refractivity contribution in [1.29, 1.82) is 0 Å². The third-order valence-corrected chi connectivity index (χ3v) is 6.21. The van der Waals surface area contributed by atoms with Gasteiger partial charge in [0.15, 0.2) is 0 Å². The van der Waals surface area contributed by atoms with Crippen LogP contribution in [-0.2, 0) is 21.4 Å². The Balaban J connectivity index is 1.72. The van der Waals surface area contributed by atoms with Gasteiger partial charge in [0.1, 0.15) is 11.9 Å². The molecule has 4 aromatic rings. The lowest BCUT2D eigenvalue weighted by atomic mass is 9.67. The molecule has 176 valence electrons. The molecule has 0 saturated carbocycles. The second-order valence-electron chi connectivity index (χ2n) is 8.47. The summed E-state index contributed by atoms with van der Waals surface area (Å²) in [4.78, 5) is 25.5. The predicted octanol–water partition coefficient (Wildman–Crippen LogP) is 5.36. The van der Waals surface area contributed by atoms with Crippen molar-refractivity contribution in [3.63, 3.8) is 0 Å². The van der Waals surface area contributed by atoms with E-state index in [4.69, 9.17) is 0 Å². The number of aliphatic carboxylic acids is 1. The third kappa shape index (κ3) is 5.46. The minimum atomic E-state index is -1.15.